The molecule has 8 heteroatoms. The van der Waals surface area contributed by atoms with Gasteiger partial charge in [0.2, 0.25) is 0 Å². The van der Waals surface area contributed by atoms with E-state index in [0.717, 1.165) is 0 Å². The molecule has 1 aliphatic rings. The molecule has 1 amide bonds. The second kappa shape index (κ2) is 7.02. The maximum atomic E-state index is 12.8. The van der Waals surface area contributed by atoms with Crippen molar-refractivity contribution in [3.8, 4) is 11.4 Å². The van der Waals surface area contributed by atoms with Crippen LogP contribution in [0.3, 0.4) is 0 Å². The van der Waals surface area contributed by atoms with Gasteiger partial charge in [0.05, 0.1) is 23.5 Å². The van der Waals surface area contributed by atoms with E-state index in [4.69, 9.17) is 9.47 Å². The standard InChI is InChI=1S/C19H22FN3O4/c1-19(2,3)27-18(25)16-15-10-22(4)17(24)13-9-12(26-8-7-20)5-6-14(13)23(15)11-21-16/h5-6,9,11H,7-8,10H2,1-4H3/i20-1. The minimum absolute atomic E-state index is 0.0814. The van der Waals surface area contributed by atoms with Gasteiger partial charge in [-0.05, 0) is 39.0 Å². The number of benzene rings is 1. The van der Waals surface area contributed by atoms with Gasteiger partial charge in [-0.2, -0.15) is 0 Å². The van der Waals surface area contributed by atoms with Crippen molar-refractivity contribution in [3.05, 3.63) is 41.5 Å². The van der Waals surface area contributed by atoms with Crippen molar-refractivity contribution >= 4 is 11.9 Å². The number of nitrogens with zero attached hydrogens (tertiary/aromatic N) is 3. The largest absolute Gasteiger partial charge is 0.491 e. The molecule has 0 radical (unpaired) electrons. The molecule has 2 aromatic rings. The summed E-state index contributed by atoms with van der Waals surface area (Å²) in [6, 6.07) is 4.93. The van der Waals surface area contributed by atoms with Crippen molar-refractivity contribution in [2.45, 2.75) is 32.9 Å². The van der Waals surface area contributed by atoms with Crippen LogP contribution in [0, 0.1) is 0 Å². The van der Waals surface area contributed by atoms with Crippen LogP contribution >= 0.6 is 0 Å². The van der Waals surface area contributed by atoms with Crippen LogP contribution < -0.4 is 4.74 Å². The second-order valence-corrected chi connectivity index (χ2v) is 7.29. The summed E-state index contributed by atoms with van der Waals surface area (Å²) >= 11 is 0. The van der Waals surface area contributed by atoms with Crippen LogP contribution in [0.15, 0.2) is 24.5 Å². The number of hydrogen-bond acceptors (Lipinski definition) is 5. The Kier molecular flexibility index (Phi) is 4.91. The van der Waals surface area contributed by atoms with E-state index < -0.39 is 18.2 Å². The number of esters is 1. The van der Waals surface area contributed by atoms with Crippen LogP contribution in [0.5, 0.6) is 5.75 Å². The molecule has 27 heavy (non-hydrogen) atoms. The van der Waals surface area contributed by atoms with E-state index in [1.807, 2.05) is 0 Å². The third-order valence-corrected chi connectivity index (χ3v) is 4.00. The molecular weight excluding hydrogens is 352 g/mol. The summed E-state index contributed by atoms with van der Waals surface area (Å²) in [4.78, 5) is 31.0. The first kappa shape index (κ1) is 18.9. The van der Waals surface area contributed by atoms with Crippen LogP contribution in [0.25, 0.3) is 5.69 Å². The molecule has 1 aromatic heterocycles. The molecule has 2 heterocycles. The number of imidazole rings is 1. The lowest BCUT2D eigenvalue weighted by molar-refractivity contribution is 0.00608. The number of amides is 1. The lowest BCUT2D eigenvalue weighted by atomic mass is 10.1. The average molecular weight is 374 g/mol. The molecular formula is C19H22FN3O4. The van der Waals surface area contributed by atoms with E-state index in [-0.39, 0.29) is 24.8 Å². The zero-order valence-corrected chi connectivity index (χ0v) is 15.8. The molecule has 0 aliphatic carbocycles. The number of alkyl halides is 1. The summed E-state index contributed by atoms with van der Waals surface area (Å²) < 4.78 is 24.8. The number of fused-ring (bicyclic) bond motifs is 3. The summed E-state index contributed by atoms with van der Waals surface area (Å²) in [6.45, 7) is 4.84. The SMILES string of the molecule is CN1Cc2c(C(=O)OC(C)(C)C)ncn2-c2ccc(OCC[18F])cc2C1=O. The maximum Gasteiger partial charge on any atom is 0.359 e. The Morgan fingerprint density at radius 1 is 1.33 bits per heavy atom. The van der Waals surface area contributed by atoms with E-state index in [1.54, 1.807) is 50.6 Å². The van der Waals surface area contributed by atoms with Crippen molar-refractivity contribution in [1.29, 1.82) is 0 Å². The first-order chi connectivity index (χ1) is 12.7. The molecule has 144 valence electrons. The normalized spacial score (nSPS) is 13.7. The predicted octanol–water partition coefficient (Wildman–Crippen LogP) is 2.76. The highest BCUT2D eigenvalue weighted by Gasteiger charge is 2.30. The minimum Gasteiger partial charge on any atom is -0.491 e. The number of aromatic nitrogens is 2. The van der Waals surface area contributed by atoms with Crippen molar-refractivity contribution in [1.82, 2.24) is 14.5 Å². The third kappa shape index (κ3) is 3.79. The monoisotopic (exact) mass is 374 g/mol. The topological polar surface area (TPSA) is 73.7 Å². The van der Waals surface area contributed by atoms with E-state index in [1.165, 1.54) is 11.2 Å². The van der Waals surface area contributed by atoms with Crippen molar-refractivity contribution in [2.24, 2.45) is 0 Å². The van der Waals surface area contributed by atoms with Gasteiger partial charge in [-0.1, -0.05) is 0 Å². The van der Waals surface area contributed by atoms with E-state index in [0.29, 0.717) is 22.7 Å². The predicted molar refractivity (Wildman–Crippen MR) is 96.0 cm³/mol. The minimum atomic E-state index is -0.652. The van der Waals surface area contributed by atoms with Gasteiger partial charge in [0.1, 0.15) is 31.0 Å². The molecule has 0 saturated carbocycles. The van der Waals surface area contributed by atoms with E-state index >= 15 is 0 Å². The number of ether oxygens (including phenoxy) is 2. The van der Waals surface area contributed by atoms with Crippen LogP contribution in [0.4, 0.5) is 4.39 Å². The maximum absolute atomic E-state index is 12.8. The van der Waals surface area contributed by atoms with Crippen molar-refractivity contribution in [3.63, 3.8) is 0 Å². The Balaban J connectivity index is 2.06. The van der Waals surface area contributed by atoms with Crippen LogP contribution in [0.1, 0.15) is 47.3 Å². The number of carbonyl (C=O) groups is 2. The van der Waals surface area contributed by atoms with Gasteiger partial charge in [-0.3, -0.25) is 9.36 Å². The van der Waals surface area contributed by atoms with Crippen molar-refractivity contribution < 1.29 is 23.5 Å². The Hall–Kier alpha value is -2.90. The second-order valence-electron chi connectivity index (χ2n) is 7.29. The fourth-order valence-electron chi connectivity index (χ4n) is 2.87. The van der Waals surface area contributed by atoms with E-state index in [2.05, 4.69) is 4.98 Å². The molecule has 0 N–H and O–H groups in total. The van der Waals surface area contributed by atoms with Gasteiger partial charge in [-0.15, -0.1) is 0 Å². The van der Waals surface area contributed by atoms with E-state index in [9.17, 15) is 14.0 Å². The molecule has 1 aromatic carbocycles. The highest BCUT2D eigenvalue weighted by molar-refractivity contribution is 5.99. The molecule has 0 unspecified atom stereocenters. The fourth-order valence-corrected chi connectivity index (χ4v) is 2.87. The van der Waals surface area contributed by atoms with Crippen molar-refractivity contribution in [2.75, 3.05) is 20.3 Å². The molecule has 7 nitrogen and oxygen atoms in total. The van der Waals surface area contributed by atoms with Gasteiger partial charge < -0.3 is 14.4 Å². The van der Waals surface area contributed by atoms with Gasteiger partial charge in [0, 0.05) is 7.05 Å². The number of rotatable bonds is 4. The lowest BCUT2D eigenvalue weighted by Gasteiger charge is -2.19. The first-order valence-corrected chi connectivity index (χ1v) is 8.59. The molecule has 0 saturated heterocycles. The van der Waals surface area contributed by atoms with Gasteiger partial charge >= 0.3 is 5.97 Å². The first-order valence-electron chi connectivity index (χ1n) is 8.59. The van der Waals surface area contributed by atoms with Gasteiger partial charge in [0.15, 0.2) is 5.69 Å². The molecule has 0 bridgehead atoms. The highest BCUT2D eigenvalue weighted by Crippen LogP contribution is 2.29. The lowest BCUT2D eigenvalue weighted by Crippen LogP contribution is -2.27. The molecule has 1 aliphatic heterocycles. The average Bonchev–Trinajstić information content (AvgIpc) is 2.97. The summed E-state index contributed by atoms with van der Waals surface area (Å²) in [5, 5.41) is 0. The summed E-state index contributed by atoms with van der Waals surface area (Å²) in [5.41, 5.74) is 1.06. The number of hydrogen-bond donors (Lipinski definition) is 0. The number of carbonyl (C=O) groups excluding carboxylic acids is 2. The zero-order valence-electron chi connectivity index (χ0n) is 15.8. The Morgan fingerprint density at radius 3 is 2.74 bits per heavy atom. The third-order valence-electron chi connectivity index (χ3n) is 4.00. The fraction of sp³-hybridized carbons (Fsp3) is 0.421. The Labute approximate surface area is 156 Å². The van der Waals surface area contributed by atoms with Crippen LogP contribution in [-0.4, -0.2) is 52.3 Å². The van der Waals surface area contributed by atoms with Crippen LogP contribution in [0.2, 0.25) is 0 Å². The summed E-state index contributed by atoms with van der Waals surface area (Å²) in [6.07, 6.45) is 1.50. The quantitative estimate of drug-likeness (QED) is 0.770. The summed E-state index contributed by atoms with van der Waals surface area (Å²) in [5.74, 6) is -0.359. The Morgan fingerprint density at radius 2 is 2.07 bits per heavy atom. The Bertz CT molecular complexity index is 886. The van der Waals surface area contributed by atoms with Crippen LogP contribution in [-0.2, 0) is 11.3 Å². The smallest absolute Gasteiger partial charge is 0.359 e. The zero-order chi connectivity index (χ0) is 19.8. The number of halogens is 1. The summed E-state index contributed by atoms with van der Waals surface area (Å²) in [7, 11) is 1.64. The molecule has 0 spiro atoms. The molecule has 0 atom stereocenters. The molecule has 3 rings (SSSR count). The van der Waals surface area contributed by atoms with Gasteiger partial charge in [-0.25, -0.2) is 14.2 Å². The molecule has 0 fully saturated rings. The highest BCUT2D eigenvalue weighted by atomic mass is 18.2. The van der Waals surface area contributed by atoms with Gasteiger partial charge in [0.25, 0.3) is 5.91 Å².